The molecule has 2 aromatic carbocycles. The SMILES string of the molecule is CCOCc1c(C(=O)OCC(=O)c2ccc(OC(F)F)cc2)oc2ccccc12. The molecule has 3 rings (SSSR count). The molecule has 0 aliphatic rings. The number of carbonyl (C=O) groups is 2. The van der Waals surface area contributed by atoms with Crippen molar-refractivity contribution in [3.8, 4) is 5.75 Å². The smallest absolute Gasteiger partial charge is 0.387 e. The summed E-state index contributed by atoms with van der Waals surface area (Å²) in [6, 6.07) is 12.2. The van der Waals surface area contributed by atoms with Gasteiger partial charge in [0.15, 0.2) is 12.4 Å². The van der Waals surface area contributed by atoms with Crippen LogP contribution in [0.15, 0.2) is 52.9 Å². The molecule has 0 spiro atoms. The molecule has 29 heavy (non-hydrogen) atoms. The molecule has 6 nitrogen and oxygen atoms in total. The molecule has 1 heterocycles. The van der Waals surface area contributed by atoms with Crippen LogP contribution in [0.1, 0.15) is 33.4 Å². The van der Waals surface area contributed by atoms with E-state index in [0.717, 1.165) is 5.39 Å². The van der Waals surface area contributed by atoms with E-state index in [1.807, 2.05) is 13.0 Å². The predicted octanol–water partition coefficient (Wildman–Crippen LogP) is 4.61. The monoisotopic (exact) mass is 404 g/mol. The van der Waals surface area contributed by atoms with E-state index in [2.05, 4.69) is 4.74 Å². The quantitative estimate of drug-likeness (QED) is 0.383. The van der Waals surface area contributed by atoms with Gasteiger partial charge in [-0.1, -0.05) is 18.2 Å². The maximum atomic E-state index is 12.5. The van der Waals surface area contributed by atoms with E-state index < -0.39 is 25.0 Å². The Bertz CT molecular complexity index is 994. The standard InChI is InChI=1S/C21H18F2O6/c1-2-26-11-16-15-5-3-4-6-18(15)29-19(16)20(25)27-12-17(24)13-7-9-14(10-8-13)28-21(22)23/h3-10,21H,2,11-12H2,1H3. The third-order valence-electron chi connectivity index (χ3n) is 4.07. The van der Waals surface area contributed by atoms with Crippen molar-refractivity contribution in [3.05, 3.63) is 65.4 Å². The van der Waals surface area contributed by atoms with Crippen molar-refractivity contribution >= 4 is 22.7 Å². The molecule has 1 aromatic heterocycles. The number of hydrogen-bond donors (Lipinski definition) is 0. The van der Waals surface area contributed by atoms with Gasteiger partial charge in [0.1, 0.15) is 11.3 Å². The average Bonchev–Trinajstić information content (AvgIpc) is 3.09. The van der Waals surface area contributed by atoms with E-state index >= 15 is 0 Å². The number of hydrogen-bond acceptors (Lipinski definition) is 6. The summed E-state index contributed by atoms with van der Waals surface area (Å²) < 4.78 is 44.7. The number of halogens is 2. The van der Waals surface area contributed by atoms with Crippen LogP contribution in [0.5, 0.6) is 5.75 Å². The summed E-state index contributed by atoms with van der Waals surface area (Å²) >= 11 is 0. The van der Waals surface area contributed by atoms with Crippen LogP contribution in [0.3, 0.4) is 0 Å². The van der Waals surface area contributed by atoms with Crippen molar-refractivity contribution in [2.75, 3.05) is 13.2 Å². The normalized spacial score (nSPS) is 11.0. The van der Waals surface area contributed by atoms with Gasteiger partial charge < -0.3 is 18.6 Å². The van der Waals surface area contributed by atoms with Gasteiger partial charge in [-0.15, -0.1) is 0 Å². The molecule has 8 heteroatoms. The number of alkyl halides is 2. The molecule has 152 valence electrons. The highest BCUT2D eigenvalue weighted by Gasteiger charge is 2.23. The van der Waals surface area contributed by atoms with Gasteiger partial charge in [-0.05, 0) is 37.3 Å². The van der Waals surface area contributed by atoms with Crippen molar-refractivity contribution in [3.63, 3.8) is 0 Å². The zero-order valence-electron chi connectivity index (χ0n) is 15.5. The van der Waals surface area contributed by atoms with Crippen LogP contribution < -0.4 is 4.74 Å². The number of ketones is 1. The third kappa shape index (κ3) is 4.97. The molecular formula is C21H18F2O6. The molecule has 0 aliphatic carbocycles. The molecule has 0 fully saturated rings. The van der Waals surface area contributed by atoms with Crippen molar-refractivity contribution in [2.24, 2.45) is 0 Å². The lowest BCUT2D eigenvalue weighted by Gasteiger charge is -2.07. The number of para-hydroxylation sites is 1. The van der Waals surface area contributed by atoms with Crippen molar-refractivity contribution in [1.29, 1.82) is 0 Å². The lowest BCUT2D eigenvalue weighted by Crippen LogP contribution is -2.15. The first-order chi connectivity index (χ1) is 14.0. The number of esters is 1. The van der Waals surface area contributed by atoms with E-state index in [1.54, 1.807) is 18.2 Å². The second kappa shape index (κ2) is 9.29. The summed E-state index contributed by atoms with van der Waals surface area (Å²) in [6.45, 7) is -1.03. The Morgan fingerprint density at radius 3 is 2.48 bits per heavy atom. The van der Waals surface area contributed by atoms with Crippen LogP contribution >= 0.6 is 0 Å². The van der Waals surface area contributed by atoms with Crippen molar-refractivity contribution in [1.82, 2.24) is 0 Å². The minimum Gasteiger partial charge on any atom is -0.451 e. The first kappa shape index (κ1) is 20.5. The minimum atomic E-state index is -2.95. The lowest BCUT2D eigenvalue weighted by molar-refractivity contribution is -0.0498. The first-order valence-corrected chi connectivity index (χ1v) is 8.83. The van der Waals surface area contributed by atoms with Crippen LogP contribution in [0.4, 0.5) is 8.78 Å². The van der Waals surface area contributed by atoms with Gasteiger partial charge in [0, 0.05) is 23.1 Å². The number of fused-ring (bicyclic) bond motifs is 1. The summed E-state index contributed by atoms with van der Waals surface area (Å²) in [5.41, 5.74) is 1.25. The van der Waals surface area contributed by atoms with Gasteiger partial charge in [-0.3, -0.25) is 4.79 Å². The minimum absolute atomic E-state index is 0.0202. The molecule has 0 saturated heterocycles. The number of carbonyl (C=O) groups excluding carboxylic acids is 2. The van der Waals surface area contributed by atoms with Crippen molar-refractivity contribution in [2.45, 2.75) is 20.1 Å². The molecule has 0 radical (unpaired) electrons. The summed E-state index contributed by atoms with van der Waals surface area (Å²) in [5, 5.41) is 0.730. The summed E-state index contributed by atoms with van der Waals surface area (Å²) in [5.74, 6) is -1.38. The summed E-state index contributed by atoms with van der Waals surface area (Å²) in [6.07, 6.45) is 0. The largest absolute Gasteiger partial charge is 0.451 e. The average molecular weight is 404 g/mol. The van der Waals surface area contributed by atoms with E-state index in [-0.39, 0.29) is 23.7 Å². The highest BCUT2D eigenvalue weighted by molar-refractivity contribution is 6.00. The Balaban J connectivity index is 1.69. The number of benzene rings is 2. The lowest BCUT2D eigenvalue weighted by atomic mass is 10.1. The third-order valence-corrected chi connectivity index (χ3v) is 4.07. The van der Waals surface area contributed by atoms with Gasteiger partial charge in [0.25, 0.3) is 0 Å². The number of Topliss-reactive ketones (excluding diaryl/α,β-unsaturated/α-hetero) is 1. The fourth-order valence-electron chi connectivity index (χ4n) is 2.71. The number of rotatable bonds is 9. The molecule has 0 amide bonds. The maximum Gasteiger partial charge on any atom is 0.387 e. The van der Waals surface area contributed by atoms with Crippen LogP contribution in [-0.2, 0) is 16.1 Å². The van der Waals surface area contributed by atoms with Crippen LogP contribution in [0.25, 0.3) is 11.0 Å². The summed E-state index contributed by atoms with van der Waals surface area (Å²) in [4.78, 5) is 24.7. The predicted molar refractivity (Wildman–Crippen MR) is 99.2 cm³/mol. The van der Waals surface area contributed by atoms with Gasteiger partial charge in [-0.25, -0.2) is 4.79 Å². The van der Waals surface area contributed by atoms with Gasteiger partial charge >= 0.3 is 12.6 Å². The fourth-order valence-corrected chi connectivity index (χ4v) is 2.71. The molecule has 0 atom stereocenters. The van der Waals surface area contributed by atoms with E-state index in [4.69, 9.17) is 13.9 Å². The highest BCUT2D eigenvalue weighted by Crippen LogP contribution is 2.27. The zero-order chi connectivity index (χ0) is 20.8. The fraction of sp³-hybridized carbons (Fsp3) is 0.238. The zero-order valence-corrected chi connectivity index (χ0v) is 15.5. The Morgan fingerprint density at radius 2 is 1.79 bits per heavy atom. The second-order valence-corrected chi connectivity index (χ2v) is 5.95. The molecule has 0 N–H and O–H groups in total. The van der Waals surface area contributed by atoms with Crippen molar-refractivity contribution < 1.29 is 37.0 Å². The van der Waals surface area contributed by atoms with Gasteiger partial charge in [0.2, 0.25) is 5.76 Å². The van der Waals surface area contributed by atoms with Crippen LogP contribution in [-0.4, -0.2) is 31.6 Å². The van der Waals surface area contributed by atoms with E-state index in [9.17, 15) is 18.4 Å². The second-order valence-electron chi connectivity index (χ2n) is 5.95. The van der Waals surface area contributed by atoms with E-state index in [1.165, 1.54) is 24.3 Å². The maximum absolute atomic E-state index is 12.5. The molecular weight excluding hydrogens is 386 g/mol. The summed E-state index contributed by atoms with van der Waals surface area (Å²) in [7, 11) is 0. The Labute approximate surface area is 165 Å². The molecule has 0 bridgehead atoms. The van der Waals surface area contributed by atoms with Crippen LogP contribution in [0.2, 0.25) is 0 Å². The van der Waals surface area contributed by atoms with Crippen LogP contribution in [0, 0.1) is 0 Å². The molecule has 0 unspecified atom stereocenters. The Kier molecular flexibility index (Phi) is 6.56. The van der Waals surface area contributed by atoms with E-state index in [0.29, 0.717) is 17.8 Å². The van der Waals surface area contributed by atoms with Gasteiger partial charge in [0.05, 0.1) is 6.61 Å². The Hall–Kier alpha value is -3.26. The number of ether oxygens (including phenoxy) is 3. The topological polar surface area (TPSA) is 75.0 Å². The molecule has 0 saturated carbocycles. The first-order valence-electron chi connectivity index (χ1n) is 8.83. The number of furan rings is 1. The molecule has 0 aliphatic heterocycles. The molecule has 3 aromatic rings. The highest BCUT2D eigenvalue weighted by atomic mass is 19.3. The van der Waals surface area contributed by atoms with Gasteiger partial charge in [-0.2, -0.15) is 8.78 Å². The Morgan fingerprint density at radius 1 is 1.07 bits per heavy atom.